The minimum Gasteiger partial charge on any atom is -0.454 e. The van der Waals surface area contributed by atoms with Gasteiger partial charge >= 0.3 is 0 Å². The number of hydrogen-bond donors (Lipinski definition) is 0. The molecule has 6 heteroatoms. The summed E-state index contributed by atoms with van der Waals surface area (Å²) in [7, 11) is -3.38. The van der Waals surface area contributed by atoms with E-state index >= 15 is 0 Å². The number of rotatable bonds is 4. The topological polar surface area (TPSA) is 69.7 Å². The van der Waals surface area contributed by atoms with Gasteiger partial charge in [-0.15, -0.1) is 0 Å². The number of ketones is 1. The molecule has 0 amide bonds. The van der Waals surface area contributed by atoms with Crippen LogP contribution in [0.5, 0.6) is 11.5 Å². The Morgan fingerprint density at radius 3 is 2.61 bits per heavy atom. The van der Waals surface area contributed by atoms with Crippen molar-refractivity contribution >= 4 is 15.6 Å². The summed E-state index contributed by atoms with van der Waals surface area (Å²) in [5.41, 5.74) is 0.323. The summed E-state index contributed by atoms with van der Waals surface area (Å²) in [5.74, 6) is 0.132. The van der Waals surface area contributed by atoms with Gasteiger partial charge in [0.25, 0.3) is 0 Å². The van der Waals surface area contributed by atoms with Crippen molar-refractivity contribution in [3.05, 3.63) is 23.8 Å². The standard InChI is InChI=1S/C12H14O5S/c1-8(2)18(14,15)6-10(13)9-3-4-11-12(5-9)17-7-16-11/h3-5,8H,6-7H2,1-2H3. The summed E-state index contributed by atoms with van der Waals surface area (Å²) >= 11 is 0. The van der Waals surface area contributed by atoms with E-state index in [1.54, 1.807) is 26.0 Å². The van der Waals surface area contributed by atoms with Crippen molar-refractivity contribution in [3.8, 4) is 11.5 Å². The highest BCUT2D eigenvalue weighted by atomic mass is 32.2. The van der Waals surface area contributed by atoms with Crippen LogP contribution in [0.3, 0.4) is 0 Å². The SMILES string of the molecule is CC(C)S(=O)(=O)CC(=O)c1ccc2c(c1)OCO2. The van der Waals surface area contributed by atoms with Crippen molar-refractivity contribution in [3.63, 3.8) is 0 Å². The van der Waals surface area contributed by atoms with Crippen LogP contribution in [0.2, 0.25) is 0 Å². The fourth-order valence-corrected chi connectivity index (χ4v) is 2.37. The second-order valence-corrected chi connectivity index (χ2v) is 6.90. The molecule has 0 fully saturated rings. The molecule has 5 nitrogen and oxygen atoms in total. The van der Waals surface area contributed by atoms with Gasteiger partial charge in [-0.1, -0.05) is 0 Å². The molecule has 0 bridgehead atoms. The molecule has 2 rings (SSSR count). The van der Waals surface area contributed by atoms with Crippen LogP contribution in [0.4, 0.5) is 0 Å². The normalized spacial score (nSPS) is 13.9. The van der Waals surface area contributed by atoms with Crippen LogP contribution < -0.4 is 9.47 Å². The number of fused-ring (bicyclic) bond motifs is 1. The van der Waals surface area contributed by atoms with Crippen LogP contribution in [0.1, 0.15) is 24.2 Å². The summed E-state index contributed by atoms with van der Waals surface area (Å²) < 4.78 is 33.6. The number of ether oxygens (including phenoxy) is 2. The Morgan fingerprint density at radius 1 is 1.28 bits per heavy atom. The molecule has 0 N–H and O–H groups in total. The predicted molar refractivity (Wildman–Crippen MR) is 65.8 cm³/mol. The summed E-state index contributed by atoms with van der Waals surface area (Å²) in [4.78, 5) is 11.9. The van der Waals surface area contributed by atoms with E-state index in [0.717, 1.165) is 0 Å². The minimum atomic E-state index is -3.38. The monoisotopic (exact) mass is 270 g/mol. The van der Waals surface area contributed by atoms with Crippen molar-refractivity contribution in [1.82, 2.24) is 0 Å². The molecule has 0 saturated carbocycles. The van der Waals surface area contributed by atoms with Crippen molar-refractivity contribution in [2.45, 2.75) is 19.1 Å². The fraction of sp³-hybridized carbons (Fsp3) is 0.417. The van der Waals surface area contributed by atoms with E-state index in [1.165, 1.54) is 6.07 Å². The van der Waals surface area contributed by atoms with E-state index in [4.69, 9.17) is 9.47 Å². The molecule has 1 aromatic rings. The fourth-order valence-electron chi connectivity index (χ4n) is 1.50. The van der Waals surface area contributed by atoms with Gasteiger partial charge in [-0.05, 0) is 32.0 Å². The first-order valence-corrected chi connectivity index (χ1v) is 7.26. The zero-order valence-electron chi connectivity index (χ0n) is 10.2. The highest BCUT2D eigenvalue weighted by Crippen LogP contribution is 2.32. The molecule has 1 aliphatic rings. The van der Waals surface area contributed by atoms with Gasteiger partial charge in [0.1, 0.15) is 5.75 Å². The van der Waals surface area contributed by atoms with Crippen LogP contribution in [0.25, 0.3) is 0 Å². The third-order valence-electron chi connectivity index (χ3n) is 2.75. The van der Waals surface area contributed by atoms with Crippen molar-refractivity contribution in [1.29, 1.82) is 0 Å². The van der Waals surface area contributed by atoms with Gasteiger partial charge < -0.3 is 9.47 Å². The zero-order valence-corrected chi connectivity index (χ0v) is 11.0. The van der Waals surface area contributed by atoms with Crippen LogP contribution in [0, 0.1) is 0 Å². The van der Waals surface area contributed by atoms with E-state index in [2.05, 4.69) is 0 Å². The molecular weight excluding hydrogens is 256 g/mol. The average Bonchev–Trinajstić information content (AvgIpc) is 2.74. The second-order valence-electron chi connectivity index (χ2n) is 4.35. The molecule has 0 unspecified atom stereocenters. The minimum absolute atomic E-state index is 0.122. The third kappa shape index (κ3) is 2.48. The quantitative estimate of drug-likeness (QED) is 0.774. The lowest BCUT2D eigenvalue weighted by Gasteiger charge is -2.07. The molecular formula is C12H14O5S. The smallest absolute Gasteiger partial charge is 0.231 e. The number of carbonyl (C=O) groups excluding carboxylic acids is 1. The number of carbonyl (C=O) groups is 1. The van der Waals surface area contributed by atoms with Gasteiger partial charge in [0.15, 0.2) is 27.1 Å². The average molecular weight is 270 g/mol. The first kappa shape index (κ1) is 12.9. The summed E-state index contributed by atoms with van der Waals surface area (Å²) in [6.07, 6.45) is 0. The maximum atomic E-state index is 11.9. The molecule has 18 heavy (non-hydrogen) atoms. The van der Waals surface area contributed by atoms with E-state index in [1.807, 2.05) is 0 Å². The molecule has 1 aromatic carbocycles. The lowest BCUT2D eigenvalue weighted by molar-refractivity contribution is 0.102. The zero-order chi connectivity index (χ0) is 13.3. The highest BCUT2D eigenvalue weighted by Gasteiger charge is 2.23. The number of sulfone groups is 1. The van der Waals surface area contributed by atoms with Gasteiger partial charge in [0.05, 0.1) is 5.25 Å². The number of benzene rings is 1. The molecule has 0 radical (unpaired) electrons. The third-order valence-corrected chi connectivity index (χ3v) is 4.85. The molecule has 0 aromatic heterocycles. The maximum absolute atomic E-state index is 11.9. The Morgan fingerprint density at radius 2 is 1.94 bits per heavy atom. The Bertz CT molecular complexity index is 574. The van der Waals surface area contributed by atoms with Crippen molar-refractivity contribution < 1.29 is 22.7 Å². The molecule has 0 aliphatic carbocycles. The van der Waals surface area contributed by atoms with Gasteiger partial charge in [0.2, 0.25) is 6.79 Å². The molecule has 98 valence electrons. The number of hydrogen-bond acceptors (Lipinski definition) is 5. The number of Topliss-reactive ketones (excluding diaryl/α,β-unsaturated/α-hetero) is 1. The van der Waals surface area contributed by atoms with E-state index in [9.17, 15) is 13.2 Å². The van der Waals surface area contributed by atoms with E-state index < -0.39 is 26.6 Å². The summed E-state index contributed by atoms with van der Waals surface area (Å²) in [6.45, 7) is 3.24. The summed E-state index contributed by atoms with van der Waals surface area (Å²) in [6, 6.07) is 4.67. The predicted octanol–water partition coefficient (Wildman–Crippen LogP) is 1.42. The van der Waals surface area contributed by atoms with E-state index in [0.29, 0.717) is 17.1 Å². The second kappa shape index (κ2) is 4.61. The Balaban J connectivity index is 2.20. The van der Waals surface area contributed by atoms with Gasteiger partial charge in [-0.25, -0.2) is 8.42 Å². The largest absolute Gasteiger partial charge is 0.454 e. The molecule has 1 heterocycles. The van der Waals surface area contributed by atoms with Crippen molar-refractivity contribution in [2.75, 3.05) is 12.5 Å². The van der Waals surface area contributed by atoms with Crippen molar-refractivity contribution in [2.24, 2.45) is 0 Å². The van der Waals surface area contributed by atoms with Crippen LogP contribution in [0.15, 0.2) is 18.2 Å². The van der Waals surface area contributed by atoms with E-state index in [-0.39, 0.29) is 6.79 Å². The van der Waals surface area contributed by atoms with Crippen LogP contribution >= 0.6 is 0 Å². The molecule has 0 spiro atoms. The summed E-state index contributed by atoms with van der Waals surface area (Å²) in [5, 5.41) is -0.560. The first-order valence-electron chi connectivity index (χ1n) is 5.54. The lowest BCUT2D eigenvalue weighted by atomic mass is 10.1. The molecule has 0 saturated heterocycles. The first-order chi connectivity index (χ1) is 8.40. The lowest BCUT2D eigenvalue weighted by Crippen LogP contribution is -2.23. The molecule has 0 atom stereocenters. The van der Waals surface area contributed by atoms with Crippen LogP contribution in [-0.2, 0) is 9.84 Å². The Labute approximate surface area is 106 Å². The van der Waals surface area contributed by atoms with Gasteiger partial charge in [-0.3, -0.25) is 4.79 Å². The Kier molecular flexibility index (Phi) is 3.30. The molecule has 1 aliphatic heterocycles. The Hall–Kier alpha value is -1.56. The highest BCUT2D eigenvalue weighted by molar-refractivity contribution is 7.92. The maximum Gasteiger partial charge on any atom is 0.231 e. The van der Waals surface area contributed by atoms with Gasteiger partial charge in [0, 0.05) is 5.56 Å². The van der Waals surface area contributed by atoms with Crippen LogP contribution in [-0.4, -0.2) is 32.0 Å². The van der Waals surface area contributed by atoms with Gasteiger partial charge in [-0.2, -0.15) is 0 Å².